The molecule has 1 heterocycles. The molecule has 0 amide bonds. The molecular formula is C26H35F2NO4. The van der Waals surface area contributed by atoms with Crippen molar-refractivity contribution in [2.45, 2.75) is 88.8 Å². The van der Waals surface area contributed by atoms with Gasteiger partial charge >= 0.3 is 0 Å². The zero-order valence-corrected chi connectivity index (χ0v) is 19.7. The number of Topliss-reactive ketones (excluding diaryl/α,β-unsaturated/α-hetero) is 1. The molecule has 0 aromatic heterocycles. The molecule has 33 heavy (non-hydrogen) atoms. The highest BCUT2D eigenvalue weighted by Crippen LogP contribution is 2.72. The van der Waals surface area contributed by atoms with E-state index in [0.717, 1.165) is 6.42 Å². The Morgan fingerprint density at radius 1 is 1.33 bits per heavy atom. The lowest BCUT2D eigenvalue weighted by molar-refractivity contribution is -0.233. The minimum absolute atomic E-state index is 0.0176. The molecule has 5 rings (SSSR count). The van der Waals surface area contributed by atoms with Crippen molar-refractivity contribution in [3.8, 4) is 0 Å². The van der Waals surface area contributed by atoms with Crippen LogP contribution in [0.2, 0.25) is 0 Å². The van der Waals surface area contributed by atoms with E-state index in [1.54, 1.807) is 25.2 Å². The molecule has 4 aliphatic carbocycles. The normalized spacial score (nSPS) is 52.6. The minimum Gasteiger partial charge on any atom is -0.390 e. The van der Waals surface area contributed by atoms with Crippen molar-refractivity contribution >= 4 is 5.78 Å². The van der Waals surface area contributed by atoms with E-state index in [9.17, 15) is 9.90 Å². The van der Waals surface area contributed by atoms with Gasteiger partial charge in [0, 0.05) is 16.7 Å². The van der Waals surface area contributed by atoms with Crippen molar-refractivity contribution in [2.75, 3.05) is 6.54 Å². The number of carbonyl (C=O) groups excluding carboxylic acids is 1. The number of rotatable bonds is 4. The second-order valence-corrected chi connectivity index (χ2v) is 11.1. The summed E-state index contributed by atoms with van der Waals surface area (Å²) in [6, 6.07) is 0. The fraction of sp³-hybridized carbons (Fsp3) is 0.731. The smallest absolute Gasteiger partial charge is 0.181 e. The second kappa shape index (κ2) is 7.30. The van der Waals surface area contributed by atoms with Crippen LogP contribution < -0.4 is 5.73 Å². The van der Waals surface area contributed by atoms with E-state index in [4.69, 9.17) is 15.2 Å². The number of hydrogen-bond acceptors (Lipinski definition) is 5. The number of aliphatic hydroxyl groups is 1. The summed E-state index contributed by atoms with van der Waals surface area (Å²) in [6.45, 7) is 9.21. The first kappa shape index (κ1) is 23.3. The van der Waals surface area contributed by atoms with Crippen molar-refractivity contribution in [1.29, 1.82) is 0 Å². The van der Waals surface area contributed by atoms with Crippen LogP contribution in [0.15, 0.2) is 36.0 Å². The average molecular weight is 464 g/mol. The van der Waals surface area contributed by atoms with Crippen LogP contribution in [0.4, 0.5) is 8.78 Å². The summed E-state index contributed by atoms with van der Waals surface area (Å²) < 4.78 is 45.5. The maximum atomic E-state index is 17.3. The summed E-state index contributed by atoms with van der Waals surface area (Å²) >= 11 is 0. The third-order valence-electron chi connectivity index (χ3n) is 9.64. The number of aliphatic hydroxyl groups excluding tert-OH is 1. The number of ether oxygens (including phenoxy) is 2. The third-order valence-corrected chi connectivity index (χ3v) is 9.64. The van der Waals surface area contributed by atoms with Gasteiger partial charge in [0.25, 0.3) is 0 Å². The predicted octanol–water partition coefficient (Wildman–Crippen LogP) is 3.71. The predicted molar refractivity (Wildman–Crippen MR) is 120 cm³/mol. The molecule has 10 atom stereocenters. The van der Waals surface area contributed by atoms with Crippen molar-refractivity contribution < 1.29 is 28.2 Å². The summed E-state index contributed by atoms with van der Waals surface area (Å²) in [7, 11) is 0. The monoisotopic (exact) mass is 463 g/mol. The quantitative estimate of drug-likeness (QED) is 0.664. The van der Waals surface area contributed by atoms with Gasteiger partial charge in [0.1, 0.15) is 6.17 Å². The van der Waals surface area contributed by atoms with Crippen LogP contribution in [-0.2, 0) is 14.3 Å². The van der Waals surface area contributed by atoms with E-state index in [0.29, 0.717) is 24.0 Å². The van der Waals surface area contributed by atoms with E-state index in [-0.39, 0.29) is 25.2 Å². The molecule has 5 nitrogen and oxygen atoms in total. The van der Waals surface area contributed by atoms with Crippen LogP contribution in [0, 0.1) is 22.7 Å². The molecule has 0 bridgehead atoms. The summed E-state index contributed by atoms with van der Waals surface area (Å²) in [5, 5.41) is 11.5. The van der Waals surface area contributed by atoms with E-state index in [2.05, 4.69) is 6.58 Å². The Hall–Kier alpha value is -1.41. The first-order valence-electron chi connectivity index (χ1n) is 12.2. The first-order valence-corrected chi connectivity index (χ1v) is 12.2. The van der Waals surface area contributed by atoms with Gasteiger partial charge in [0.2, 0.25) is 0 Å². The Kier molecular flexibility index (Phi) is 5.16. The highest BCUT2D eigenvalue weighted by Gasteiger charge is 2.79. The number of ketones is 1. The van der Waals surface area contributed by atoms with Crippen LogP contribution in [0.1, 0.15) is 52.9 Å². The van der Waals surface area contributed by atoms with E-state index in [1.807, 2.05) is 13.8 Å². The summed E-state index contributed by atoms with van der Waals surface area (Å²) in [5.41, 5.74) is 1.12. The highest BCUT2D eigenvalue weighted by molar-refractivity contribution is 5.91. The number of alkyl halides is 2. The van der Waals surface area contributed by atoms with Gasteiger partial charge in [-0.1, -0.05) is 45.1 Å². The van der Waals surface area contributed by atoms with Crippen molar-refractivity contribution in [2.24, 2.45) is 28.4 Å². The molecule has 0 radical (unpaired) electrons. The van der Waals surface area contributed by atoms with Crippen LogP contribution in [0.25, 0.3) is 0 Å². The molecule has 1 aliphatic heterocycles. The number of hydrogen-bond donors (Lipinski definition) is 2. The zero-order chi connectivity index (χ0) is 24.0. The van der Waals surface area contributed by atoms with Gasteiger partial charge in [0.05, 0.1) is 18.8 Å². The van der Waals surface area contributed by atoms with Gasteiger partial charge in [-0.25, -0.2) is 8.78 Å². The van der Waals surface area contributed by atoms with Gasteiger partial charge < -0.3 is 20.3 Å². The Balaban J connectivity index is 1.62. The van der Waals surface area contributed by atoms with Crippen molar-refractivity contribution in [1.82, 2.24) is 0 Å². The lowest BCUT2D eigenvalue weighted by Crippen LogP contribution is -2.71. The standard InChI is InChI=1S/C26H35F2NO4/c1-5-6-22-32-21-11-15-16-10-18(27)17-9-14(2)7-8-23(17,3)25(16,28)19(30)12-24(15,4)26(21,33-22)20(31)13-29/h7-9,15-16,18-19,21-22,30H,2,5-6,10-13,29H2,1,3-4H3/t15-,16-,18-,19-,21+,22+,23-,24-,25-,26+/m0/s1. The van der Waals surface area contributed by atoms with Crippen LogP contribution in [0.3, 0.4) is 0 Å². The molecular weight excluding hydrogens is 428 g/mol. The molecule has 3 saturated carbocycles. The number of carbonyl (C=O) groups is 1. The van der Waals surface area contributed by atoms with E-state index in [1.165, 1.54) is 0 Å². The molecule has 182 valence electrons. The lowest BCUT2D eigenvalue weighted by atomic mass is 9.44. The number of nitrogens with two attached hydrogens (primary N) is 1. The van der Waals surface area contributed by atoms with Gasteiger partial charge in [-0.15, -0.1) is 0 Å². The number of fused-ring (bicyclic) bond motifs is 7. The number of halogens is 2. The molecule has 0 spiro atoms. The lowest BCUT2D eigenvalue weighted by Gasteiger charge is -2.63. The topological polar surface area (TPSA) is 81.8 Å². The Bertz CT molecular complexity index is 951. The Morgan fingerprint density at radius 2 is 2.06 bits per heavy atom. The average Bonchev–Trinajstić information content (AvgIpc) is 3.24. The molecule has 0 aromatic carbocycles. The minimum atomic E-state index is -2.09. The maximum Gasteiger partial charge on any atom is 0.181 e. The van der Waals surface area contributed by atoms with Crippen molar-refractivity contribution in [3.05, 3.63) is 36.0 Å². The third kappa shape index (κ3) is 2.63. The van der Waals surface area contributed by atoms with Crippen LogP contribution in [0.5, 0.6) is 0 Å². The molecule has 3 N–H and O–H groups in total. The van der Waals surface area contributed by atoms with Gasteiger partial charge in [-0.3, -0.25) is 4.79 Å². The number of allylic oxidation sites excluding steroid dienone is 5. The summed E-state index contributed by atoms with van der Waals surface area (Å²) in [4.78, 5) is 13.4. The maximum absolute atomic E-state index is 17.3. The Labute approximate surface area is 194 Å². The molecule has 7 heteroatoms. The Morgan fingerprint density at radius 3 is 2.73 bits per heavy atom. The van der Waals surface area contributed by atoms with Gasteiger partial charge in [0.15, 0.2) is 23.3 Å². The van der Waals surface area contributed by atoms with Gasteiger partial charge in [-0.05, 0) is 49.7 Å². The van der Waals surface area contributed by atoms with Crippen LogP contribution >= 0.6 is 0 Å². The van der Waals surface area contributed by atoms with Gasteiger partial charge in [-0.2, -0.15) is 0 Å². The molecule has 5 aliphatic rings. The summed E-state index contributed by atoms with van der Waals surface area (Å²) in [6.07, 6.45) is 2.87. The van der Waals surface area contributed by atoms with Crippen LogP contribution in [-0.4, -0.2) is 53.4 Å². The molecule has 0 unspecified atom stereocenters. The SMILES string of the molecule is C=C1C=C[C@@]2(C)C(=C1)[C@@H](F)C[C@H]1[C@@H]3C[C@H]4O[C@@H](CCC)O[C@@]4(C(=O)CN)[C@@]3(C)C[C@H](O)[C@@]12F. The largest absolute Gasteiger partial charge is 0.390 e. The molecule has 0 aromatic rings. The molecule has 1 saturated heterocycles. The van der Waals surface area contributed by atoms with E-state index >= 15 is 8.78 Å². The van der Waals surface area contributed by atoms with Crippen molar-refractivity contribution in [3.63, 3.8) is 0 Å². The zero-order valence-electron chi connectivity index (χ0n) is 19.7. The fourth-order valence-electron chi connectivity index (χ4n) is 8.11. The first-order chi connectivity index (χ1) is 15.5. The highest BCUT2D eigenvalue weighted by atomic mass is 19.1. The second-order valence-electron chi connectivity index (χ2n) is 11.1. The summed E-state index contributed by atoms with van der Waals surface area (Å²) in [5.74, 6) is -1.49. The fourth-order valence-corrected chi connectivity index (χ4v) is 8.11. The molecule has 4 fully saturated rings. The van der Waals surface area contributed by atoms with E-state index < -0.39 is 58.6 Å².